The Morgan fingerprint density at radius 2 is 1.93 bits per heavy atom. The third kappa shape index (κ3) is 2.93. The summed E-state index contributed by atoms with van der Waals surface area (Å²) in [5.74, 6) is 0.0688. The third-order valence-corrected chi connectivity index (χ3v) is 7.27. The van der Waals surface area contributed by atoms with Crippen LogP contribution < -0.4 is 0 Å². The molecule has 3 aromatic rings. The van der Waals surface area contributed by atoms with Gasteiger partial charge in [0, 0.05) is 22.9 Å². The van der Waals surface area contributed by atoms with Gasteiger partial charge in [-0.15, -0.1) is 0 Å². The van der Waals surface area contributed by atoms with Crippen LogP contribution in [0.5, 0.6) is 0 Å². The van der Waals surface area contributed by atoms with Crippen LogP contribution in [0.3, 0.4) is 0 Å². The summed E-state index contributed by atoms with van der Waals surface area (Å²) in [6.45, 7) is 4.09. The zero-order valence-corrected chi connectivity index (χ0v) is 17.6. The van der Waals surface area contributed by atoms with E-state index in [1.54, 1.807) is 0 Å². The molecule has 4 heteroatoms. The summed E-state index contributed by atoms with van der Waals surface area (Å²) in [6, 6.07) is 18.7. The summed E-state index contributed by atoms with van der Waals surface area (Å²) in [5.41, 5.74) is 4.53. The summed E-state index contributed by atoms with van der Waals surface area (Å²) >= 11 is 0. The summed E-state index contributed by atoms with van der Waals surface area (Å²) in [6.07, 6.45) is 3.66. The molecule has 1 amide bonds. The van der Waals surface area contributed by atoms with Crippen molar-refractivity contribution in [2.75, 3.05) is 6.61 Å². The standard InChI is InChI=1S/C26H28N2O2/c1-17-7-6-10-20-13-22(18(2)27-24(17)20)25(30)28-21-11-12-23(28)26(15-21,16-29)14-19-8-4-3-5-9-19/h3-10,13,21,23,29H,11-12,14-16H2,1-2H3/t21-,23+,26-/m0/s1. The molecule has 0 radical (unpaired) electrons. The maximum absolute atomic E-state index is 13.7. The molecule has 0 aliphatic carbocycles. The number of hydrogen-bond donors (Lipinski definition) is 1. The summed E-state index contributed by atoms with van der Waals surface area (Å²) in [5, 5.41) is 11.5. The molecular formula is C26H28N2O2. The molecule has 2 bridgehead atoms. The Labute approximate surface area is 177 Å². The van der Waals surface area contributed by atoms with Crippen LogP contribution in [0.15, 0.2) is 54.6 Å². The van der Waals surface area contributed by atoms with E-state index in [0.717, 1.165) is 47.8 Å². The van der Waals surface area contributed by atoms with Gasteiger partial charge < -0.3 is 10.0 Å². The van der Waals surface area contributed by atoms with Gasteiger partial charge in [0.15, 0.2) is 0 Å². The minimum absolute atomic E-state index is 0.0688. The largest absolute Gasteiger partial charge is 0.396 e. The van der Waals surface area contributed by atoms with E-state index in [0.29, 0.717) is 5.56 Å². The fraction of sp³-hybridized carbons (Fsp3) is 0.385. The lowest BCUT2D eigenvalue weighted by Gasteiger charge is -2.36. The van der Waals surface area contributed by atoms with Gasteiger partial charge in [0.2, 0.25) is 0 Å². The van der Waals surface area contributed by atoms with Crippen LogP contribution in [0.1, 0.15) is 46.4 Å². The Morgan fingerprint density at radius 1 is 1.13 bits per heavy atom. The van der Waals surface area contributed by atoms with Crippen LogP contribution in [0.4, 0.5) is 0 Å². The number of amides is 1. The highest BCUT2D eigenvalue weighted by Gasteiger charge is 2.57. The number of nitrogens with zero attached hydrogens (tertiary/aromatic N) is 2. The van der Waals surface area contributed by atoms with Crippen molar-refractivity contribution in [1.29, 1.82) is 0 Å². The highest BCUT2D eigenvalue weighted by molar-refractivity contribution is 5.99. The number of rotatable bonds is 4. The molecule has 154 valence electrons. The molecular weight excluding hydrogens is 372 g/mol. The first-order chi connectivity index (χ1) is 14.5. The van der Waals surface area contributed by atoms with Crippen molar-refractivity contribution in [2.24, 2.45) is 5.41 Å². The number of aryl methyl sites for hydroxylation is 2. The van der Waals surface area contributed by atoms with Crippen molar-refractivity contribution in [1.82, 2.24) is 9.88 Å². The second-order valence-electron chi connectivity index (χ2n) is 9.11. The number of aliphatic hydroxyl groups is 1. The minimum Gasteiger partial charge on any atom is -0.396 e. The van der Waals surface area contributed by atoms with Crippen molar-refractivity contribution in [3.05, 3.63) is 77.0 Å². The van der Waals surface area contributed by atoms with Crippen molar-refractivity contribution < 1.29 is 9.90 Å². The average molecular weight is 401 g/mol. The first kappa shape index (κ1) is 19.3. The molecule has 2 aromatic carbocycles. The van der Waals surface area contributed by atoms with Crippen LogP contribution in [-0.2, 0) is 6.42 Å². The molecule has 1 N–H and O–H groups in total. The second-order valence-corrected chi connectivity index (χ2v) is 9.11. The molecule has 5 rings (SSSR count). The number of hydrogen-bond acceptors (Lipinski definition) is 3. The zero-order chi connectivity index (χ0) is 20.9. The van der Waals surface area contributed by atoms with E-state index in [9.17, 15) is 9.90 Å². The fourth-order valence-corrected chi connectivity index (χ4v) is 5.81. The quantitative estimate of drug-likeness (QED) is 0.704. The predicted molar refractivity (Wildman–Crippen MR) is 118 cm³/mol. The third-order valence-electron chi connectivity index (χ3n) is 7.27. The van der Waals surface area contributed by atoms with Gasteiger partial charge in [0.1, 0.15) is 0 Å². The molecule has 2 aliphatic heterocycles. The first-order valence-corrected chi connectivity index (χ1v) is 10.9. The number of pyridine rings is 1. The van der Waals surface area contributed by atoms with Gasteiger partial charge in [-0.3, -0.25) is 9.78 Å². The number of fused-ring (bicyclic) bond motifs is 3. The number of carbonyl (C=O) groups is 1. The lowest BCUT2D eigenvalue weighted by atomic mass is 9.70. The molecule has 2 saturated heterocycles. The summed E-state index contributed by atoms with van der Waals surface area (Å²) < 4.78 is 0. The Balaban J connectivity index is 1.50. The molecule has 0 unspecified atom stereocenters. The van der Waals surface area contributed by atoms with Gasteiger partial charge in [-0.2, -0.15) is 0 Å². The topological polar surface area (TPSA) is 53.4 Å². The Bertz CT molecular complexity index is 1110. The zero-order valence-electron chi connectivity index (χ0n) is 17.6. The van der Waals surface area contributed by atoms with Crippen molar-refractivity contribution in [2.45, 2.75) is 51.6 Å². The maximum Gasteiger partial charge on any atom is 0.256 e. The van der Waals surface area contributed by atoms with Crippen LogP contribution in [0.2, 0.25) is 0 Å². The first-order valence-electron chi connectivity index (χ1n) is 10.9. The van der Waals surface area contributed by atoms with E-state index in [1.807, 2.05) is 43.3 Å². The van der Waals surface area contributed by atoms with Crippen molar-refractivity contribution >= 4 is 16.8 Å². The molecule has 1 aromatic heterocycles. The number of benzene rings is 2. The smallest absolute Gasteiger partial charge is 0.256 e. The van der Waals surface area contributed by atoms with Gasteiger partial charge >= 0.3 is 0 Å². The highest BCUT2D eigenvalue weighted by atomic mass is 16.3. The van der Waals surface area contributed by atoms with Gasteiger partial charge in [0.05, 0.1) is 23.4 Å². The normalized spacial score (nSPS) is 25.2. The Kier molecular flexibility index (Phi) is 4.62. The van der Waals surface area contributed by atoms with E-state index in [-0.39, 0.29) is 30.0 Å². The minimum atomic E-state index is -0.255. The molecule has 3 atom stereocenters. The van der Waals surface area contributed by atoms with Crippen LogP contribution >= 0.6 is 0 Å². The van der Waals surface area contributed by atoms with E-state index in [1.165, 1.54) is 5.56 Å². The van der Waals surface area contributed by atoms with E-state index < -0.39 is 0 Å². The number of carbonyl (C=O) groups excluding carboxylic acids is 1. The van der Waals surface area contributed by atoms with Gasteiger partial charge in [-0.1, -0.05) is 48.5 Å². The molecule has 2 aliphatic rings. The lowest BCUT2D eigenvalue weighted by molar-refractivity contribution is 0.0570. The van der Waals surface area contributed by atoms with Crippen molar-refractivity contribution in [3.63, 3.8) is 0 Å². The molecule has 4 nitrogen and oxygen atoms in total. The van der Waals surface area contributed by atoms with Crippen LogP contribution in [0, 0.1) is 19.3 Å². The van der Waals surface area contributed by atoms with E-state index in [4.69, 9.17) is 4.98 Å². The Morgan fingerprint density at radius 3 is 2.70 bits per heavy atom. The molecule has 0 spiro atoms. The average Bonchev–Trinajstić information content (AvgIpc) is 3.30. The Hall–Kier alpha value is -2.72. The SMILES string of the molecule is Cc1nc2c(C)cccc2cc1C(=O)N1[C@H]2CC[C@@H]1[C@@](CO)(Cc1ccccc1)C2. The monoisotopic (exact) mass is 400 g/mol. The van der Waals surface area contributed by atoms with E-state index >= 15 is 0 Å². The number of para-hydroxylation sites is 1. The number of aliphatic hydroxyl groups excluding tert-OH is 1. The van der Waals surface area contributed by atoms with Crippen LogP contribution in [0.25, 0.3) is 10.9 Å². The molecule has 3 heterocycles. The lowest BCUT2D eigenvalue weighted by Crippen LogP contribution is -2.44. The molecule has 30 heavy (non-hydrogen) atoms. The van der Waals surface area contributed by atoms with Gasteiger partial charge in [-0.05, 0) is 56.7 Å². The van der Waals surface area contributed by atoms with Crippen molar-refractivity contribution in [3.8, 4) is 0 Å². The van der Waals surface area contributed by atoms with Crippen LogP contribution in [-0.4, -0.2) is 39.6 Å². The van der Waals surface area contributed by atoms with E-state index in [2.05, 4.69) is 30.0 Å². The second kappa shape index (κ2) is 7.21. The fourth-order valence-electron chi connectivity index (χ4n) is 5.81. The summed E-state index contributed by atoms with van der Waals surface area (Å²) in [7, 11) is 0. The highest BCUT2D eigenvalue weighted by Crippen LogP contribution is 2.51. The molecule has 2 fully saturated rings. The molecule has 0 saturated carbocycles. The van der Waals surface area contributed by atoms with Gasteiger partial charge in [0.25, 0.3) is 5.91 Å². The van der Waals surface area contributed by atoms with Gasteiger partial charge in [-0.25, -0.2) is 0 Å². The predicted octanol–water partition coefficient (Wildman–Crippen LogP) is 4.45. The summed E-state index contributed by atoms with van der Waals surface area (Å²) in [4.78, 5) is 20.6. The number of aromatic nitrogens is 1. The maximum atomic E-state index is 13.7.